The number of rotatable bonds is 5. The number of piperazine rings is 1. The Morgan fingerprint density at radius 3 is 2.58 bits per heavy atom. The van der Waals surface area contributed by atoms with Crippen LogP contribution < -0.4 is 4.74 Å². The number of aryl methyl sites for hydroxylation is 1. The number of hydrogen-bond acceptors (Lipinski definition) is 4. The third kappa shape index (κ3) is 4.15. The molecule has 1 saturated carbocycles. The molecule has 5 rings (SSSR count). The van der Waals surface area contributed by atoms with Crippen molar-refractivity contribution in [2.24, 2.45) is 0 Å². The first-order valence-electron chi connectivity index (χ1n) is 11.2. The van der Waals surface area contributed by atoms with E-state index in [1.165, 1.54) is 24.0 Å². The number of methoxy groups -OCH3 is 1. The predicted molar refractivity (Wildman–Crippen MR) is 123 cm³/mol. The van der Waals surface area contributed by atoms with Gasteiger partial charge in [0.05, 0.1) is 18.2 Å². The molecule has 5 heteroatoms. The van der Waals surface area contributed by atoms with Gasteiger partial charge < -0.3 is 9.64 Å². The first kappa shape index (κ1) is 20.0. The van der Waals surface area contributed by atoms with Crippen molar-refractivity contribution < 1.29 is 9.53 Å². The normalized spacial score (nSPS) is 17.2. The summed E-state index contributed by atoms with van der Waals surface area (Å²) in [7, 11) is 1.72. The fraction of sp³-hybridized carbons (Fsp3) is 0.385. The molecule has 2 aromatic carbocycles. The standard InChI is InChI=1S/C26H29N3O2/c1-18-7-10-25(31-2)20(15-18)17-28-11-13-29(14-12-28)26(30)22-16-24(19-8-9-19)27-23-6-4-3-5-21(22)23/h3-7,10,15-16,19H,8-9,11-14,17H2,1-2H3. The summed E-state index contributed by atoms with van der Waals surface area (Å²) in [6.07, 6.45) is 2.36. The van der Waals surface area contributed by atoms with Gasteiger partial charge in [-0.25, -0.2) is 0 Å². The number of fused-ring (bicyclic) bond motifs is 1. The lowest BCUT2D eigenvalue weighted by molar-refractivity contribution is 0.0629. The van der Waals surface area contributed by atoms with E-state index in [1.54, 1.807) is 7.11 Å². The lowest BCUT2D eigenvalue weighted by Gasteiger charge is -2.35. The molecule has 2 heterocycles. The second-order valence-corrected chi connectivity index (χ2v) is 8.77. The van der Waals surface area contributed by atoms with Crippen LogP contribution >= 0.6 is 0 Å². The number of nitrogens with zero attached hydrogens (tertiary/aromatic N) is 3. The number of ether oxygens (including phenoxy) is 1. The smallest absolute Gasteiger partial charge is 0.254 e. The summed E-state index contributed by atoms with van der Waals surface area (Å²) in [5.74, 6) is 1.59. The molecule has 1 aliphatic heterocycles. The topological polar surface area (TPSA) is 45.7 Å². The Morgan fingerprint density at radius 2 is 1.84 bits per heavy atom. The molecule has 2 fully saturated rings. The largest absolute Gasteiger partial charge is 0.496 e. The SMILES string of the molecule is COc1ccc(C)cc1CN1CCN(C(=O)c2cc(C3CC3)nc3ccccc23)CC1. The van der Waals surface area contributed by atoms with Crippen molar-refractivity contribution in [2.75, 3.05) is 33.3 Å². The highest BCUT2D eigenvalue weighted by Crippen LogP contribution is 2.40. The number of benzene rings is 2. The average Bonchev–Trinajstić information content (AvgIpc) is 3.64. The van der Waals surface area contributed by atoms with Crippen LogP contribution in [-0.2, 0) is 6.54 Å². The van der Waals surface area contributed by atoms with E-state index in [2.05, 4.69) is 24.0 Å². The number of para-hydroxylation sites is 1. The minimum absolute atomic E-state index is 0.133. The number of pyridine rings is 1. The maximum Gasteiger partial charge on any atom is 0.254 e. The van der Waals surface area contributed by atoms with E-state index in [-0.39, 0.29) is 5.91 Å². The van der Waals surface area contributed by atoms with Crippen LogP contribution in [0.3, 0.4) is 0 Å². The molecule has 0 N–H and O–H groups in total. The van der Waals surface area contributed by atoms with Crippen molar-refractivity contribution >= 4 is 16.8 Å². The molecule has 1 amide bonds. The first-order chi connectivity index (χ1) is 15.1. The summed E-state index contributed by atoms with van der Waals surface area (Å²) in [6, 6.07) is 16.4. The van der Waals surface area contributed by atoms with Gasteiger partial charge in [-0.15, -0.1) is 0 Å². The van der Waals surface area contributed by atoms with Gasteiger partial charge in [0.2, 0.25) is 0 Å². The first-order valence-corrected chi connectivity index (χ1v) is 11.2. The Labute approximate surface area is 183 Å². The average molecular weight is 416 g/mol. The lowest BCUT2D eigenvalue weighted by Crippen LogP contribution is -2.48. The number of amides is 1. The second kappa shape index (κ2) is 8.31. The third-order valence-electron chi connectivity index (χ3n) is 6.45. The molecular formula is C26H29N3O2. The van der Waals surface area contributed by atoms with Gasteiger partial charge in [0, 0.05) is 55.3 Å². The van der Waals surface area contributed by atoms with E-state index in [4.69, 9.17) is 9.72 Å². The fourth-order valence-electron chi connectivity index (χ4n) is 4.51. The predicted octanol–water partition coefficient (Wildman–Crippen LogP) is 4.39. The van der Waals surface area contributed by atoms with Crippen LogP contribution in [0.1, 0.15) is 45.9 Å². The molecular weight excluding hydrogens is 386 g/mol. The van der Waals surface area contributed by atoms with Crippen molar-refractivity contribution in [1.29, 1.82) is 0 Å². The molecule has 1 aromatic heterocycles. The Kier molecular flexibility index (Phi) is 5.36. The molecule has 0 atom stereocenters. The van der Waals surface area contributed by atoms with Gasteiger partial charge in [0.15, 0.2) is 0 Å². The molecule has 160 valence electrons. The molecule has 2 aliphatic rings. The molecule has 0 bridgehead atoms. The number of hydrogen-bond donors (Lipinski definition) is 0. The van der Waals surface area contributed by atoms with Crippen molar-refractivity contribution in [3.63, 3.8) is 0 Å². The molecule has 3 aromatic rings. The Morgan fingerprint density at radius 1 is 1.06 bits per heavy atom. The number of carbonyl (C=O) groups is 1. The molecule has 1 saturated heterocycles. The summed E-state index contributed by atoms with van der Waals surface area (Å²) < 4.78 is 5.54. The highest BCUT2D eigenvalue weighted by atomic mass is 16.5. The molecule has 0 radical (unpaired) electrons. The van der Waals surface area contributed by atoms with Crippen molar-refractivity contribution in [3.8, 4) is 5.75 Å². The van der Waals surface area contributed by atoms with Crippen molar-refractivity contribution in [1.82, 2.24) is 14.8 Å². The molecule has 5 nitrogen and oxygen atoms in total. The highest BCUT2D eigenvalue weighted by Gasteiger charge is 2.29. The van der Waals surface area contributed by atoms with Gasteiger partial charge in [0.1, 0.15) is 5.75 Å². The summed E-state index contributed by atoms with van der Waals surface area (Å²) >= 11 is 0. The monoisotopic (exact) mass is 415 g/mol. The van der Waals surface area contributed by atoms with E-state index in [0.29, 0.717) is 5.92 Å². The van der Waals surface area contributed by atoms with E-state index in [1.807, 2.05) is 41.3 Å². The quantitative estimate of drug-likeness (QED) is 0.620. The zero-order valence-corrected chi connectivity index (χ0v) is 18.3. The maximum atomic E-state index is 13.5. The van der Waals surface area contributed by atoms with E-state index < -0.39 is 0 Å². The summed E-state index contributed by atoms with van der Waals surface area (Å²) in [5, 5.41) is 0.962. The van der Waals surface area contributed by atoms with E-state index in [0.717, 1.165) is 60.6 Å². The van der Waals surface area contributed by atoms with Crippen LogP contribution in [0.2, 0.25) is 0 Å². The maximum absolute atomic E-state index is 13.5. The van der Waals surface area contributed by atoms with Gasteiger partial charge >= 0.3 is 0 Å². The zero-order valence-electron chi connectivity index (χ0n) is 18.3. The minimum atomic E-state index is 0.133. The molecule has 1 aliphatic carbocycles. The summed E-state index contributed by atoms with van der Waals surface area (Å²) in [6.45, 7) is 6.15. The lowest BCUT2D eigenvalue weighted by atomic mass is 10.0. The Balaban J connectivity index is 1.31. The van der Waals surface area contributed by atoms with Crippen LogP contribution in [0.25, 0.3) is 10.9 Å². The molecule has 0 unspecified atom stereocenters. The van der Waals surface area contributed by atoms with Crippen molar-refractivity contribution in [3.05, 3.63) is 70.9 Å². The van der Waals surface area contributed by atoms with Gasteiger partial charge in [-0.2, -0.15) is 0 Å². The van der Waals surface area contributed by atoms with Crippen LogP contribution in [-0.4, -0.2) is 54.0 Å². The molecule has 0 spiro atoms. The minimum Gasteiger partial charge on any atom is -0.496 e. The third-order valence-corrected chi connectivity index (χ3v) is 6.45. The fourth-order valence-corrected chi connectivity index (χ4v) is 4.51. The molecule has 31 heavy (non-hydrogen) atoms. The summed E-state index contributed by atoms with van der Waals surface area (Å²) in [4.78, 5) is 22.7. The van der Waals surface area contributed by atoms with Crippen molar-refractivity contribution in [2.45, 2.75) is 32.2 Å². The zero-order chi connectivity index (χ0) is 21.4. The van der Waals surface area contributed by atoms with Gasteiger partial charge in [-0.05, 0) is 38.0 Å². The van der Waals surface area contributed by atoms with E-state index in [9.17, 15) is 4.79 Å². The Hall–Kier alpha value is -2.92. The van der Waals surface area contributed by atoms with Crippen LogP contribution in [0, 0.1) is 6.92 Å². The van der Waals surface area contributed by atoms with Crippen LogP contribution in [0.15, 0.2) is 48.5 Å². The van der Waals surface area contributed by atoms with Crippen LogP contribution in [0.5, 0.6) is 5.75 Å². The Bertz CT molecular complexity index is 1110. The second-order valence-electron chi connectivity index (χ2n) is 8.77. The van der Waals surface area contributed by atoms with Crippen LogP contribution in [0.4, 0.5) is 0 Å². The highest BCUT2D eigenvalue weighted by molar-refractivity contribution is 6.06. The summed E-state index contributed by atoms with van der Waals surface area (Å²) in [5.41, 5.74) is 5.26. The van der Waals surface area contributed by atoms with Gasteiger partial charge in [0.25, 0.3) is 5.91 Å². The van der Waals surface area contributed by atoms with E-state index >= 15 is 0 Å². The van der Waals surface area contributed by atoms with Gasteiger partial charge in [-0.3, -0.25) is 14.7 Å². The number of carbonyl (C=O) groups excluding carboxylic acids is 1. The van der Waals surface area contributed by atoms with Gasteiger partial charge in [-0.1, -0.05) is 35.9 Å². The number of aromatic nitrogens is 1.